The van der Waals surface area contributed by atoms with Crippen LogP contribution in [0.3, 0.4) is 0 Å². The Labute approximate surface area is 102 Å². The van der Waals surface area contributed by atoms with Crippen LogP contribution >= 0.6 is 0 Å². The summed E-state index contributed by atoms with van der Waals surface area (Å²) in [6.07, 6.45) is 0.483. The second kappa shape index (κ2) is 7.39. The highest BCUT2D eigenvalue weighted by Gasteiger charge is 2.05. The molecule has 17 heavy (non-hydrogen) atoms. The summed E-state index contributed by atoms with van der Waals surface area (Å²) < 4.78 is 11.0. The number of hydrogen-bond donors (Lipinski definition) is 1. The number of rotatable bonds is 7. The van der Waals surface area contributed by atoms with Crippen LogP contribution < -0.4 is 14.8 Å². The van der Waals surface area contributed by atoms with Crippen molar-refractivity contribution >= 4 is 5.69 Å². The number of benzene rings is 1. The SMILES string of the molecule is CCOc1ccc(NCCC#N)cc1OCC. The number of nitrogens with one attached hydrogen (secondary N) is 1. The number of anilines is 1. The van der Waals surface area contributed by atoms with Crippen molar-refractivity contribution in [1.29, 1.82) is 5.26 Å². The van der Waals surface area contributed by atoms with Crippen molar-refractivity contribution in [3.63, 3.8) is 0 Å². The minimum atomic E-state index is 0.483. The Morgan fingerprint density at radius 1 is 1.18 bits per heavy atom. The average molecular weight is 234 g/mol. The summed E-state index contributed by atoms with van der Waals surface area (Å²) in [6.45, 7) is 5.72. The molecule has 0 atom stereocenters. The first-order chi connectivity index (χ1) is 8.31. The lowest BCUT2D eigenvalue weighted by Crippen LogP contribution is -2.02. The van der Waals surface area contributed by atoms with E-state index in [1.54, 1.807) is 0 Å². The Balaban J connectivity index is 2.74. The van der Waals surface area contributed by atoms with Gasteiger partial charge in [-0.2, -0.15) is 5.26 Å². The molecule has 0 saturated carbocycles. The van der Waals surface area contributed by atoms with Gasteiger partial charge in [-0.05, 0) is 26.0 Å². The maximum absolute atomic E-state index is 8.46. The zero-order chi connectivity index (χ0) is 12.5. The van der Waals surface area contributed by atoms with E-state index >= 15 is 0 Å². The zero-order valence-electron chi connectivity index (χ0n) is 10.3. The minimum absolute atomic E-state index is 0.483. The van der Waals surface area contributed by atoms with E-state index in [-0.39, 0.29) is 0 Å². The summed E-state index contributed by atoms with van der Waals surface area (Å²) in [4.78, 5) is 0. The van der Waals surface area contributed by atoms with Crippen LogP contribution in [0, 0.1) is 11.3 Å². The molecule has 1 rings (SSSR count). The molecule has 0 aliphatic carbocycles. The van der Waals surface area contributed by atoms with Crippen molar-refractivity contribution in [2.24, 2.45) is 0 Å². The number of nitrogens with zero attached hydrogens (tertiary/aromatic N) is 1. The minimum Gasteiger partial charge on any atom is -0.490 e. The third-order valence-electron chi connectivity index (χ3n) is 2.11. The van der Waals surface area contributed by atoms with Crippen LogP contribution in [-0.4, -0.2) is 19.8 Å². The van der Waals surface area contributed by atoms with Crippen molar-refractivity contribution in [1.82, 2.24) is 0 Å². The normalized spacial score (nSPS) is 9.47. The van der Waals surface area contributed by atoms with Gasteiger partial charge in [-0.1, -0.05) is 0 Å². The van der Waals surface area contributed by atoms with Crippen LogP contribution in [0.15, 0.2) is 18.2 Å². The smallest absolute Gasteiger partial charge is 0.163 e. The molecule has 92 valence electrons. The fraction of sp³-hybridized carbons (Fsp3) is 0.462. The van der Waals surface area contributed by atoms with Crippen LogP contribution in [-0.2, 0) is 0 Å². The summed E-state index contributed by atoms with van der Waals surface area (Å²) in [7, 11) is 0. The molecule has 1 aromatic carbocycles. The highest BCUT2D eigenvalue weighted by Crippen LogP contribution is 2.30. The zero-order valence-corrected chi connectivity index (χ0v) is 10.3. The van der Waals surface area contributed by atoms with Gasteiger partial charge < -0.3 is 14.8 Å². The van der Waals surface area contributed by atoms with Crippen molar-refractivity contribution in [2.45, 2.75) is 20.3 Å². The van der Waals surface area contributed by atoms with Crippen molar-refractivity contribution in [2.75, 3.05) is 25.1 Å². The van der Waals surface area contributed by atoms with Crippen LogP contribution in [0.2, 0.25) is 0 Å². The van der Waals surface area contributed by atoms with Gasteiger partial charge in [0, 0.05) is 18.3 Å². The van der Waals surface area contributed by atoms with Crippen LogP contribution in [0.25, 0.3) is 0 Å². The predicted molar refractivity (Wildman–Crippen MR) is 67.5 cm³/mol. The summed E-state index contributed by atoms with van der Waals surface area (Å²) in [5.41, 5.74) is 0.937. The average Bonchev–Trinajstić information content (AvgIpc) is 2.33. The summed E-state index contributed by atoms with van der Waals surface area (Å²) in [5, 5.41) is 11.6. The van der Waals surface area contributed by atoms with E-state index in [4.69, 9.17) is 14.7 Å². The Hall–Kier alpha value is -1.89. The Bertz CT molecular complexity index is 385. The van der Waals surface area contributed by atoms with E-state index in [0.29, 0.717) is 26.2 Å². The van der Waals surface area contributed by atoms with Gasteiger partial charge in [0.1, 0.15) is 0 Å². The third-order valence-corrected chi connectivity index (χ3v) is 2.11. The van der Waals surface area contributed by atoms with E-state index in [9.17, 15) is 0 Å². The molecule has 0 saturated heterocycles. The Kier molecular flexibility index (Phi) is 5.73. The molecule has 4 nitrogen and oxygen atoms in total. The second-order valence-electron chi connectivity index (χ2n) is 3.36. The standard InChI is InChI=1S/C13H18N2O2/c1-3-16-12-7-6-11(15-9-5-8-14)10-13(12)17-4-2/h6-7,10,15H,3-5,9H2,1-2H3. The van der Waals surface area contributed by atoms with E-state index in [1.165, 1.54) is 0 Å². The van der Waals surface area contributed by atoms with Gasteiger partial charge in [-0.15, -0.1) is 0 Å². The van der Waals surface area contributed by atoms with E-state index < -0.39 is 0 Å². The lowest BCUT2D eigenvalue weighted by Gasteiger charge is -2.12. The van der Waals surface area contributed by atoms with Crippen LogP contribution in [0.4, 0.5) is 5.69 Å². The quantitative estimate of drug-likeness (QED) is 0.737. The molecule has 0 radical (unpaired) electrons. The molecule has 0 fully saturated rings. The molecule has 0 spiro atoms. The largest absolute Gasteiger partial charge is 0.490 e. The molecule has 0 bridgehead atoms. The van der Waals surface area contributed by atoms with Gasteiger partial charge in [-0.25, -0.2) is 0 Å². The molecule has 4 heteroatoms. The van der Waals surface area contributed by atoms with Gasteiger partial charge in [0.05, 0.1) is 25.7 Å². The van der Waals surface area contributed by atoms with E-state index in [0.717, 1.165) is 17.2 Å². The molecule has 1 N–H and O–H groups in total. The topological polar surface area (TPSA) is 54.3 Å². The highest BCUT2D eigenvalue weighted by atomic mass is 16.5. The Morgan fingerprint density at radius 3 is 2.53 bits per heavy atom. The molecule has 0 heterocycles. The first kappa shape index (κ1) is 13.2. The summed E-state index contributed by atoms with van der Waals surface area (Å²) >= 11 is 0. The highest BCUT2D eigenvalue weighted by molar-refractivity contribution is 5.54. The van der Waals surface area contributed by atoms with Crippen LogP contribution in [0.1, 0.15) is 20.3 Å². The molecule has 0 aliphatic rings. The maximum atomic E-state index is 8.46. The first-order valence-corrected chi connectivity index (χ1v) is 5.82. The Morgan fingerprint density at radius 2 is 1.88 bits per heavy atom. The van der Waals surface area contributed by atoms with Gasteiger partial charge in [-0.3, -0.25) is 0 Å². The van der Waals surface area contributed by atoms with Gasteiger partial charge in [0.2, 0.25) is 0 Å². The molecule has 1 aromatic rings. The molecular formula is C13H18N2O2. The molecule has 0 aromatic heterocycles. The number of ether oxygens (including phenoxy) is 2. The predicted octanol–water partition coefficient (Wildman–Crippen LogP) is 2.81. The van der Waals surface area contributed by atoms with E-state index in [1.807, 2.05) is 32.0 Å². The maximum Gasteiger partial charge on any atom is 0.163 e. The summed E-state index contributed by atoms with van der Waals surface area (Å²) in [6, 6.07) is 7.79. The van der Waals surface area contributed by atoms with Crippen molar-refractivity contribution in [3.8, 4) is 17.6 Å². The first-order valence-electron chi connectivity index (χ1n) is 5.82. The third kappa shape index (κ3) is 4.23. The van der Waals surface area contributed by atoms with Crippen LogP contribution in [0.5, 0.6) is 11.5 Å². The molecule has 0 unspecified atom stereocenters. The van der Waals surface area contributed by atoms with Gasteiger partial charge >= 0.3 is 0 Å². The fourth-order valence-corrected chi connectivity index (χ4v) is 1.42. The van der Waals surface area contributed by atoms with Gasteiger partial charge in [0.25, 0.3) is 0 Å². The second-order valence-corrected chi connectivity index (χ2v) is 3.36. The van der Waals surface area contributed by atoms with E-state index in [2.05, 4.69) is 11.4 Å². The van der Waals surface area contributed by atoms with Crippen molar-refractivity contribution in [3.05, 3.63) is 18.2 Å². The molecule has 0 amide bonds. The lowest BCUT2D eigenvalue weighted by molar-refractivity contribution is 0.288. The monoisotopic (exact) mass is 234 g/mol. The van der Waals surface area contributed by atoms with Gasteiger partial charge in [0.15, 0.2) is 11.5 Å². The molecular weight excluding hydrogens is 216 g/mol. The summed E-state index contributed by atoms with van der Waals surface area (Å²) in [5.74, 6) is 1.48. The lowest BCUT2D eigenvalue weighted by atomic mass is 10.2. The number of nitriles is 1. The fourth-order valence-electron chi connectivity index (χ4n) is 1.42. The number of hydrogen-bond acceptors (Lipinski definition) is 4. The van der Waals surface area contributed by atoms with Crippen molar-refractivity contribution < 1.29 is 9.47 Å². The molecule has 0 aliphatic heterocycles.